The number of hydrogen-bond acceptors (Lipinski definition) is 4. The van der Waals surface area contributed by atoms with Gasteiger partial charge in [-0.05, 0) is 40.9 Å². The second-order valence-corrected chi connectivity index (χ2v) is 5.81. The van der Waals surface area contributed by atoms with E-state index in [0.717, 1.165) is 6.42 Å². The van der Waals surface area contributed by atoms with E-state index in [1.807, 2.05) is 0 Å². The van der Waals surface area contributed by atoms with Gasteiger partial charge in [0.15, 0.2) is 0 Å². The summed E-state index contributed by atoms with van der Waals surface area (Å²) in [6, 6.07) is 2.77. The van der Waals surface area contributed by atoms with Crippen LogP contribution in [0.3, 0.4) is 0 Å². The van der Waals surface area contributed by atoms with Crippen LogP contribution in [0.25, 0.3) is 0 Å². The second-order valence-electron chi connectivity index (χ2n) is 4.99. The molecule has 108 valence electrons. The molecule has 1 atom stereocenters. The summed E-state index contributed by atoms with van der Waals surface area (Å²) in [5.41, 5.74) is 6.10. The minimum atomic E-state index is -0.384. The minimum absolute atomic E-state index is 0.0445. The lowest BCUT2D eigenvalue weighted by molar-refractivity contribution is -0.132. The quantitative estimate of drug-likeness (QED) is 0.818. The third kappa shape index (κ3) is 2.92. The number of amides is 2. The maximum absolute atomic E-state index is 12.5. The molecule has 0 spiro atoms. The number of pyridine rings is 1. The summed E-state index contributed by atoms with van der Waals surface area (Å²) in [4.78, 5) is 31.8. The molecule has 1 aromatic rings. The first kappa shape index (κ1) is 14.8. The number of hydrogen-bond donors (Lipinski definition) is 1. The van der Waals surface area contributed by atoms with Gasteiger partial charge in [-0.3, -0.25) is 9.59 Å². The van der Waals surface area contributed by atoms with Crippen LogP contribution in [0.2, 0.25) is 0 Å². The highest BCUT2D eigenvalue weighted by Gasteiger charge is 2.35. The van der Waals surface area contributed by atoms with E-state index in [4.69, 9.17) is 5.73 Å². The van der Waals surface area contributed by atoms with Gasteiger partial charge in [-0.2, -0.15) is 0 Å². The largest absolute Gasteiger partial charge is 0.384 e. The number of anilines is 1. The van der Waals surface area contributed by atoms with Crippen LogP contribution in [0, 0.1) is 0 Å². The molecule has 6 nitrogen and oxygen atoms in total. The zero-order valence-electron chi connectivity index (χ0n) is 11.5. The van der Waals surface area contributed by atoms with Crippen molar-refractivity contribution in [2.45, 2.75) is 18.9 Å². The van der Waals surface area contributed by atoms with Gasteiger partial charge in [0.1, 0.15) is 16.5 Å². The predicted octanol–water partition coefficient (Wildman–Crippen LogP) is 1.12. The number of carbonyl (C=O) groups is 2. The monoisotopic (exact) mass is 340 g/mol. The Hall–Kier alpha value is -1.63. The molecule has 1 aliphatic heterocycles. The Morgan fingerprint density at radius 2 is 2.15 bits per heavy atom. The Labute approximate surface area is 126 Å². The third-order valence-electron chi connectivity index (χ3n) is 3.30. The standard InChI is InChI=1S/C13H17BrN4O2/c1-17(2)13(20)9-4-3-5-18(9)12(19)8-6-10(14)16-11(15)7-8/h6-7,9H,3-5H2,1-2H3,(H2,15,16). The Balaban J connectivity index is 2.25. The number of halogens is 1. The van der Waals surface area contributed by atoms with Crippen LogP contribution in [-0.4, -0.2) is 53.3 Å². The van der Waals surface area contributed by atoms with Gasteiger partial charge >= 0.3 is 0 Å². The van der Waals surface area contributed by atoms with E-state index in [1.165, 1.54) is 11.0 Å². The summed E-state index contributed by atoms with van der Waals surface area (Å²) in [5, 5.41) is 0. The van der Waals surface area contributed by atoms with Crippen LogP contribution in [0.1, 0.15) is 23.2 Å². The van der Waals surface area contributed by atoms with Crippen LogP contribution >= 0.6 is 15.9 Å². The lowest BCUT2D eigenvalue weighted by Gasteiger charge is -2.26. The van der Waals surface area contributed by atoms with E-state index in [2.05, 4.69) is 20.9 Å². The fraction of sp³-hybridized carbons (Fsp3) is 0.462. The Morgan fingerprint density at radius 1 is 1.45 bits per heavy atom. The van der Waals surface area contributed by atoms with Crippen molar-refractivity contribution in [1.82, 2.24) is 14.8 Å². The number of likely N-dealkylation sites (N-methyl/N-ethyl adjacent to an activating group) is 1. The molecule has 2 amide bonds. The SMILES string of the molecule is CN(C)C(=O)C1CCCN1C(=O)c1cc(N)nc(Br)c1. The van der Waals surface area contributed by atoms with Crippen molar-refractivity contribution in [3.63, 3.8) is 0 Å². The Bertz CT molecular complexity index is 527. The zero-order valence-corrected chi connectivity index (χ0v) is 13.1. The Kier molecular flexibility index (Phi) is 4.27. The van der Waals surface area contributed by atoms with E-state index < -0.39 is 0 Å². The number of likely N-dealkylation sites (tertiary alicyclic amines) is 1. The average Bonchev–Trinajstić information content (AvgIpc) is 2.84. The zero-order chi connectivity index (χ0) is 14.9. The topological polar surface area (TPSA) is 79.5 Å². The van der Waals surface area contributed by atoms with Crippen LogP contribution < -0.4 is 5.73 Å². The molecule has 0 bridgehead atoms. The van der Waals surface area contributed by atoms with Crippen molar-refractivity contribution in [2.75, 3.05) is 26.4 Å². The van der Waals surface area contributed by atoms with Crippen LogP contribution in [0.15, 0.2) is 16.7 Å². The van der Waals surface area contributed by atoms with Crippen LogP contribution in [0.4, 0.5) is 5.82 Å². The molecule has 2 heterocycles. The number of nitrogens with zero attached hydrogens (tertiary/aromatic N) is 3. The van der Waals surface area contributed by atoms with Gasteiger partial charge in [0.2, 0.25) is 5.91 Å². The van der Waals surface area contributed by atoms with E-state index >= 15 is 0 Å². The summed E-state index contributed by atoms with van der Waals surface area (Å²) in [5.74, 6) is 0.0480. The van der Waals surface area contributed by atoms with Gasteiger partial charge in [-0.1, -0.05) is 0 Å². The molecular weight excluding hydrogens is 324 g/mol. The number of carbonyl (C=O) groups excluding carboxylic acids is 2. The minimum Gasteiger partial charge on any atom is -0.384 e. The molecule has 1 saturated heterocycles. The maximum atomic E-state index is 12.5. The second kappa shape index (κ2) is 5.78. The van der Waals surface area contributed by atoms with Gasteiger partial charge in [0, 0.05) is 26.2 Å². The molecule has 0 aromatic carbocycles. The highest BCUT2D eigenvalue weighted by molar-refractivity contribution is 9.10. The summed E-state index contributed by atoms with van der Waals surface area (Å²) in [6.07, 6.45) is 1.53. The molecule has 1 unspecified atom stereocenters. The highest BCUT2D eigenvalue weighted by atomic mass is 79.9. The highest BCUT2D eigenvalue weighted by Crippen LogP contribution is 2.23. The molecule has 0 radical (unpaired) electrons. The predicted molar refractivity (Wildman–Crippen MR) is 79.1 cm³/mol. The lowest BCUT2D eigenvalue weighted by atomic mass is 10.1. The van der Waals surface area contributed by atoms with E-state index in [1.54, 1.807) is 25.1 Å². The van der Waals surface area contributed by atoms with Gasteiger partial charge in [0.05, 0.1) is 0 Å². The van der Waals surface area contributed by atoms with Crippen LogP contribution in [0.5, 0.6) is 0 Å². The third-order valence-corrected chi connectivity index (χ3v) is 3.71. The molecule has 7 heteroatoms. The molecule has 2 rings (SSSR count). The van der Waals surface area contributed by atoms with Crippen molar-refractivity contribution in [2.24, 2.45) is 0 Å². The first-order chi connectivity index (χ1) is 9.40. The summed E-state index contributed by atoms with van der Waals surface area (Å²) in [7, 11) is 3.40. The van der Waals surface area contributed by atoms with E-state index in [0.29, 0.717) is 23.1 Å². The van der Waals surface area contributed by atoms with Gasteiger partial charge in [0.25, 0.3) is 5.91 Å². The average molecular weight is 341 g/mol. The molecule has 0 saturated carbocycles. The molecule has 20 heavy (non-hydrogen) atoms. The number of aromatic nitrogens is 1. The smallest absolute Gasteiger partial charge is 0.254 e. The first-order valence-electron chi connectivity index (χ1n) is 6.35. The molecular formula is C13H17BrN4O2. The van der Waals surface area contributed by atoms with Crippen molar-refractivity contribution in [3.8, 4) is 0 Å². The van der Waals surface area contributed by atoms with Gasteiger partial charge in [-0.15, -0.1) is 0 Å². The fourth-order valence-electron chi connectivity index (χ4n) is 2.37. The fourth-order valence-corrected chi connectivity index (χ4v) is 2.82. The van der Waals surface area contributed by atoms with Crippen molar-refractivity contribution < 1.29 is 9.59 Å². The summed E-state index contributed by atoms with van der Waals surface area (Å²) < 4.78 is 0.510. The number of rotatable bonds is 2. The number of nitrogen functional groups attached to an aromatic ring is 1. The van der Waals surface area contributed by atoms with Crippen molar-refractivity contribution in [1.29, 1.82) is 0 Å². The molecule has 0 aliphatic carbocycles. The molecule has 1 fully saturated rings. The maximum Gasteiger partial charge on any atom is 0.254 e. The molecule has 1 aliphatic rings. The van der Waals surface area contributed by atoms with Crippen LogP contribution in [-0.2, 0) is 4.79 Å². The van der Waals surface area contributed by atoms with Gasteiger partial charge < -0.3 is 15.5 Å². The molecule has 2 N–H and O–H groups in total. The van der Waals surface area contributed by atoms with Crippen molar-refractivity contribution in [3.05, 3.63) is 22.3 Å². The van der Waals surface area contributed by atoms with E-state index in [-0.39, 0.29) is 23.7 Å². The van der Waals surface area contributed by atoms with Crippen molar-refractivity contribution >= 4 is 33.6 Å². The first-order valence-corrected chi connectivity index (χ1v) is 7.14. The Morgan fingerprint density at radius 3 is 2.75 bits per heavy atom. The van der Waals surface area contributed by atoms with Gasteiger partial charge in [-0.25, -0.2) is 4.98 Å². The number of nitrogens with two attached hydrogens (primary N) is 1. The summed E-state index contributed by atoms with van der Waals surface area (Å²) in [6.45, 7) is 0.586. The summed E-state index contributed by atoms with van der Waals surface area (Å²) >= 11 is 3.22. The molecule has 1 aromatic heterocycles. The lowest BCUT2D eigenvalue weighted by Crippen LogP contribution is -2.45. The van der Waals surface area contributed by atoms with E-state index in [9.17, 15) is 9.59 Å². The normalized spacial score (nSPS) is 18.1.